The topological polar surface area (TPSA) is 0 Å². The summed E-state index contributed by atoms with van der Waals surface area (Å²) in [5.41, 5.74) is 14.5. The highest BCUT2D eigenvalue weighted by Gasteiger charge is 2.64. The molecule has 0 N–H and O–H groups in total. The van der Waals surface area contributed by atoms with Crippen molar-refractivity contribution in [2.75, 3.05) is 0 Å². The van der Waals surface area contributed by atoms with Gasteiger partial charge in [-0.3, -0.25) is 0 Å². The molecule has 0 aliphatic heterocycles. The Morgan fingerprint density at radius 2 is 1.63 bits per heavy atom. The molecule has 0 aromatic heterocycles. The van der Waals surface area contributed by atoms with Crippen molar-refractivity contribution in [2.24, 2.45) is 39.9 Å². The fourth-order valence-corrected chi connectivity index (χ4v) is 11.7. The van der Waals surface area contributed by atoms with Crippen molar-refractivity contribution < 1.29 is 0 Å². The molecule has 2 fully saturated rings. The van der Waals surface area contributed by atoms with Crippen LogP contribution >= 0.6 is 0 Å². The summed E-state index contributed by atoms with van der Waals surface area (Å²) in [6.07, 6.45) is 12.1. The van der Waals surface area contributed by atoms with Crippen LogP contribution in [0.15, 0.2) is 41.5 Å². The van der Waals surface area contributed by atoms with Gasteiger partial charge in [0.2, 0.25) is 0 Å². The lowest BCUT2D eigenvalue weighted by Crippen LogP contribution is -2.61. The third-order valence-electron chi connectivity index (χ3n) is 13.8. The van der Waals surface area contributed by atoms with Crippen molar-refractivity contribution in [1.29, 1.82) is 0 Å². The van der Waals surface area contributed by atoms with Crippen molar-refractivity contribution >= 4 is 0 Å². The van der Waals surface area contributed by atoms with Crippen LogP contribution in [0.4, 0.5) is 0 Å². The van der Waals surface area contributed by atoms with E-state index in [9.17, 15) is 0 Å². The highest BCUT2D eigenvalue weighted by Crippen LogP contribution is 2.73. The van der Waals surface area contributed by atoms with E-state index < -0.39 is 0 Å². The van der Waals surface area contributed by atoms with Crippen molar-refractivity contribution in [3.8, 4) is 0 Å². The van der Waals surface area contributed by atoms with E-state index in [0.717, 1.165) is 11.8 Å². The van der Waals surface area contributed by atoms with Crippen LogP contribution in [0.25, 0.3) is 0 Å². The molecule has 0 heterocycles. The zero-order valence-electron chi connectivity index (χ0n) is 28.8. The molecular weight excluding hydrogens is 492 g/mol. The van der Waals surface area contributed by atoms with Gasteiger partial charge in [0.15, 0.2) is 0 Å². The highest BCUT2D eigenvalue weighted by molar-refractivity contribution is 5.56. The zero-order valence-corrected chi connectivity index (χ0v) is 28.8. The molecule has 0 radical (unpaired) electrons. The standard InChI is InChI=1S/C41H62/c1-24(2)34-20-33(19-18-32-16-14-26(5)15-17-32)28(7)37-29(8)38-31(10)41(13)30(9)36(25(3)4)27(6)21-40(41,12)23-39(38,11)22-35(34)37/h20,24,26,29,31-32,38H,3,9,14-19,21-23H2,1-2,4-8,10-13H3. The Balaban J connectivity index is 1.57. The normalized spacial score (nSPS) is 38.9. The summed E-state index contributed by atoms with van der Waals surface area (Å²) in [5.74, 6) is 4.23. The minimum absolute atomic E-state index is 0.0846. The first kappa shape index (κ1) is 30.9. The highest BCUT2D eigenvalue weighted by atomic mass is 14.7. The molecule has 0 nitrogen and oxygen atoms in total. The van der Waals surface area contributed by atoms with Gasteiger partial charge < -0.3 is 0 Å². The monoisotopic (exact) mass is 554 g/mol. The van der Waals surface area contributed by atoms with E-state index in [0.29, 0.717) is 29.1 Å². The van der Waals surface area contributed by atoms with Crippen molar-refractivity contribution in [3.05, 3.63) is 69.3 Å². The molecule has 41 heavy (non-hydrogen) atoms. The van der Waals surface area contributed by atoms with Crippen LogP contribution in [0.5, 0.6) is 0 Å². The van der Waals surface area contributed by atoms with Crippen LogP contribution < -0.4 is 0 Å². The van der Waals surface area contributed by atoms with Gasteiger partial charge in [0.25, 0.3) is 0 Å². The number of benzene rings is 1. The third kappa shape index (κ3) is 4.68. The van der Waals surface area contributed by atoms with E-state index in [1.807, 2.05) is 0 Å². The lowest BCUT2D eigenvalue weighted by molar-refractivity contribution is -0.125. The Morgan fingerprint density at radius 1 is 1.00 bits per heavy atom. The molecule has 4 aliphatic carbocycles. The molecule has 226 valence electrons. The zero-order chi connectivity index (χ0) is 30.2. The molecular formula is C41H62. The Bertz CT molecular complexity index is 1260. The second kappa shape index (κ2) is 10.6. The van der Waals surface area contributed by atoms with E-state index in [-0.39, 0.29) is 10.8 Å². The average molecular weight is 555 g/mol. The minimum atomic E-state index is 0.0846. The number of fused-ring (bicyclic) bond motifs is 3. The molecule has 0 bridgehead atoms. The lowest BCUT2D eigenvalue weighted by atomic mass is 9.36. The lowest BCUT2D eigenvalue weighted by Gasteiger charge is -2.68. The number of hydrogen-bond donors (Lipinski definition) is 0. The van der Waals surface area contributed by atoms with Crippen LogP contribution in [0.2, 0.25) is 0 Å². The molecule has 6 unspecified atom stereocenters. The number of rotatable bonds is 5. The van der Waals surface area contributed by atoms with E-state index in [4.69, 9.17) is 6.58 Å². The van der Waals surface area contributed by atoms with Gasteiger partial charge in [-0.15, -0.1) is 0 Å². The minimum Gasteiger partial charge on any atom is -0.0955 e. The van der Waals surface area contributed by atoms with Crippen LogP contribution in [0, 0.1) is 46.8 Å². The molecule has 2 saturated carbocycles. The maximum absolute atomic E-state index is 4.87. The van der Waals surface area contributed by atoms with Gasteiger partial charge >= 0.3 is 0 Å². The smallest absolute Gasteiger partial charge is 0.00105 e. The fraction of sp³-hybridized carbons (Fsp3) is 0.707. The molecule has 0 saturated heterocycles. The molecule has 0 spiro atoms. The van der Waals surface area contributed by atoms with Gasteiger partial charge in [-0.2, -0.15) is 0 Å². The maximum Gasteiger partial charge on any atom is 0.00105 e. The molecule has 5 rings (SSSR count). The summed E-state index contributed by atoms with van der Waals surface area (Å²) in [5, 5.41) is 0. The first-order valence-electron chi connectivity index (χ1n) is 17.3. The maximum atomic E-state index is 4.87. The summed E-state index contributed by atoms with van der Waals surface area (Å²) in [7, 11) is 0. The Morgan fingerprint density at radius 3 is 2.22 bits per heavy atom. The van der Waals surface area contributed by atoms with E-state index in [1.54, 1.807) is 27.8 Å². The van der Waals surface area contributed by atoms with E-state index >= 15 is 0 Å². The molecule has 6 atom stereocenters. The third-order valence-corrected chi connectivity index (χ3v) is 13.8. The summed E-state index contributed by atoms with van der Waals surface area (Å²) >= 11 is 0. The summed E-state index contributed by atoms with van der Waals surface area (Å²) in [6, 6.07) is 2.67. The Labute approximate surface area is 254 Å². The van der Waals surface area contributed by atoms with Gasteiger partial charge in [0, 0.05) is 5.41 Å². The van der Waals surface area contributed by atoms with Crippen LogP contribution in [-0.4, -0.2) is 0 Å². The molecule has 0 heteroatoms. The number of aryl methyl sites for hydroxylation is 1. The SMILES string of the molecule is C=C(C)C1=C(C)CC2(C)CC3(C)Cc4c(C(C)C)cc(CCC5CCC(C)CC5)c(C)c4C(C)C3C(C)C2(C)C1=C. The van der Waals surface area contributed by atoms with E-state index in [1.165, 1.54) is 80.1 Å². The summed E-state index contributed by atoms with van der Waals surface area (Å²) < 4.78 is 0. The molecule has 1 aromatic carbocycles. The van der Waals surface area contributed by atoms with Crippen LogP contribution in [-0.2, 0) is 12.8 Å². The van der Waals surface area contributed by atoms with Crippen molar-refractivity contribution in [2.45, 2.75) is 146 Å². The van der Waals surface area contributed by atoms with Gasteiger partial charge in [0.05, 0.1) is 0 Å². The van der Waals surface area contributed by atoms with Crippen LogP contribution in [0.3, 0.4) is 0 Å². The quantitative estimate of drug-likeness (QED) is 0.339. The predicted molar refractivity (Wildman–Crippen MR) is 180 cm³/mol. The predicted octanol–water partition coefficient (Wildman–Crippen LogP) is 12.1. The first-order valence-corrected chi connectivity index (χ1v) is 17.3. The van der Waals surface area contributed by atoms with E-state index in [2.05, 4.69) is 88.8 Å². The number of allylic oxidation sites excluding steroid dienone is 4. The van der Waals surface area contributed by atoms with Crippen molar-refractivity contribution in [3.63, 3.8) is 0 Å². The van der Waals surface area contributed by atoms with Gasteiger partial charge in [0.1, 0.15) is 0 Å². The van der Waals surface area contributed by atoms with Gasteiger partial charge in [-0.1, -0.05) is 111 Å². The summed E-state index contributed by atoms with van der Waals surface area (Å²) in [6.45, 7) is 36.7. The largest absolute Gasteiger partial charge is 0.0955 e. The fourth-order valence-electron chi connectivity index (χ4n) is 11.7. The van der Waals surface area contributed by atoms with Gasteiger partial charge in [-0.05, 0) is 138 Å². The Kier molecular flexibility index (Phi) is 7.95. The molecule has 4 aliphatic rings. The van der Waals surface area contributed by atoms with Gasteiger partial charge in [-0.25, -0.2) is 0 Å². The summed E-state index contributed by atoms with van der Waals surface area (Å²) in [4.78, 5) is 0. The first-order chi connectivity index (χ1) is 19.1. The van der Waals surface area contributed by atoms with Crippen LogP contribution in [0.1, 0.15) is 154 Å². The second-order valence-electron chi connectivity index (χ2n) is 16.9. The molecule has 0 amide bonds. The molecule has 1 aromatic rings. The number of hydrogen-bond acceptors (Lipinski definition) is 0. The second-order valence-corrected chi connectivity index (χ2v) is 16.9. The Hall–Kier alpha value is -1.56. The van der Waals surface area contributed by atoms with Crippen molar-refractivity contribution in [1.82, 2.24) is 0 Å². The average Bonchev–Trinajstić information content (AvgIpc) is 2.86.